The number of anilines is 2. The number of allylic oxidation sites excluding steroid dienone is 1. The average Bonchev–Trinajstić information content (AvgIpc) is 3.32. The third-order valence-corrected chi connectivity index (χ3v) is 6.25. The zero-order chi connectivity index (χ0) is 21.4. The highest BCUT2D eigenvalue weighted by atomic mass is 16.3. The molecule has 1 amide bonds. The van der Waals surface area contributed by atoms with Crippen molar-refractivity contribution in [1.29, 1.82) is 0 Å². The Hall–Kier alpha value is -3.20. The van der Waals surface area contributed by atoms with Crippen LogP contribution >= 0.6 is 0 Å². The number of amides is 1. The number of aliphatic imine (C=N–C) groups is 1. The molecule has 4 aliphatic heterocycles. The summed E-state index contributed by atoms with van der Waals surface area (Å²) in [5, 5.41) is 16.7. The van der Waals surface area contributed by atoms with E-state index in [0.29, 0.717) is 41.5 Å². The molecular formula is C22H27N7O2. The van der Waals surface area contributed by atoms with Crippen molar-refractivity contribution in [2.75, 3.05) is 30.3 Å². The van der Waals surface area contributed by atoms with Crippen molar-refractivity contribution in [1.82, 2.24) is 19.9 Å². The molecule has 4 aliphatic rings. The van der Waals surface area contributed by atoms with E-state index < -0.39 is 0 Å². The maximum absolute atomic E-state index is 11.9. The Balaban J connectivity index is 1.34. The molecule has 6 rings (SSSR count). The lowest BCUT2D eigenvalue weighted by molar-refractivity contribution is -0.116. The van der Waals surface area contributed by atoms with Crippen molar-refractivity contribution in [2.45, 2.75) is 38.6 Å². The van der Waals surface area contributed by atoms with Gasteiger partial charge in [0.25, 0.3) is 0 Å². The number of nitrogens with one attached hydrogen (secondary N) is 3. The fraction of sp³-hybridized carbons (Fsp3) is 0.455. The number of nitrogens with zero attached hydrogens (tertiary/aromatic N) is 4. The summed E-state index contributed by atoms with van der Waals surface area (Å²) in [7, 11) is 0. The van der Waals surface area contributed by atoms with E-state index in [9.17, 15) is 9.90 Å². The van der Waals surface area contributed by atoms with Gasteiger partial charge in [-0.25, -0.2) is 9.98 Å². The molecule has 0 aromatic carbocycles. The van der Waals surface area contributed by atoms with Crippen LogP contribution in [0.2, 0.25) is 0 Å². The summed E-state index contributed by atoms with van der Waals surface area (Å²) in [5.74, 6) is 1.73. The summed E-state index contributed by atoms with van der Waals surface area (Å²) in [4.78, 5) is 30.5. The number of carbonyl (C=O) groups excluding carboxylic acids is 1. The van der Waals surface area contributed by atoms with E-state index in [2.05, 4.69) is 35.5 Å². The summed E-state index contributed by atoms with van der Waals surface area (Å²) in [6.45, 7) is 5.33. The predicted octanol–water partition coefficient (Wildman–Crippen LogP) is 3.01. The number of aromatic nitrogens is 3. The molecule has 162 valence electrons. The van der Waals surface area contributed by atoms with E-state index in [-0.39, 0.29) is 11.8 Å². The fourth-order valence-corrected chi connectivity index (χ4v) is 4.61. The monoisotopic (exact) mass is 421 g/mol. The summed E-state index contributed by atoms with van der Waals surface area (Å²) >= 11 is 0. The Bertz CT molecular complexity index is 1050. The first kappa shape index (κ1) is 19.7. The molecule has 6 heterocycles. The molecule has 2 aromatic heterocycles. The summed E-state index contributed by atoms with van der Waals surface area (Å²) in [6, 6.07) is 2.20. The number of rotatable bonds is 6. The molecule has 9 heteroatoms. The number of fused-ring (bicyclic) bond motifs is 4. The van der Waals surface area contributed by atoms with Crippen molar-refractivity contribution in [3.05, 3.63) is 23.5 Å². The van der Waals surface area contributed by atoms with Crippen molar-refractivity contribution in [3.63, 3.8) is 0 Å². The van der Waals surface area contributed by atoms with Crippen molar-refractivity contribution < 1.29 is 9.90 Å². The molecule has 9 nitrogen and oxygen atoms in total. The van der Waals surface area contributed by atoms with Gasteiger partial charge in [0.05, 0.1) is 11.9 Å². The van der Waals surface area contributed by atoms with Crippen LogP contribution in [0.1, 0.15) is 43.9 Å². The van der Waals surface area contributed by atoms with Crippen LogP contribution in [0.4, 0.5) is 17.5 Å². The Morgan fingerprint density at radius 3 is 2.97 bits per heavy atom. The molecule has 1 atom stereocenters. The molecule has 31 heavy (non-hydrogen) atoms. The van der Waals surface area contributed by atoms with Gasteiger partial charge in [-0.3, -0.25) is 4.79 Å². The molecule has 2 aromatic rings. The first-order chi connectivity index (χ1) is 15.1. The Morgan fingerprint density at radius 1 is 1.39 bits per heavy atom. The largest absolute Gasteiger partial charge is 0.492 e. The van der Waals surface area contributed by atoms with Gasteiger partial charge in [0.15, 0.2) is 5.82 Å². The van der Waals surface area contributed by atoms with Crippen LogP contribution in [-0.2, 0) is 4.79 Å². The van der Waals surface area contributed by atoms with Gasteiger partial charge in [-0.1, -0.05) is 6.92 Å². The number of hydrogen-bond donors (Lipinski definition) is 4. The van der Waals surface area contributed by atoms with E-state index >= 15 is 0 Å². The lowest BCUT2D eigenvalue weighted by Gasteiger charge is -2.44. The van der Waals surface area contributed by atoms with E-state index in [1.165, 1.54) is 25.9 Å². The minimum Gasteiger partial charge on any atom is -0.492 e. The second-order valence-electron chi connectivity index (χ2n) is 8.46. The zero-order valence-electron chi connectivity index (χ0n) is 17.6. The smallest absolute Gasteiger partial charge is 0.238 e. The average molecular weight is 422 g/mol. The van der Waals surface area contributed by atoms with E-state index in [4.69, 9.17) is 0 Å². The van der Waals surface area contributed by atoms with Crippen LogP contribution in [0.25, 0.3) is 11.6 Å². The number of aromatic amines is 1. The summed E-state index contributed by atoms with van der Waals surface area (Å²) < 4.78 is 0. The molecule has 0 aliphatic carbocycles. The lowest BCUT2D eigenvalue weighted by Crippen LogP contribution is -2.53. The minimum absolute atomic E-state index is 0.0386. The Morgan fingerprint density at radius 2 is 2.23 bits per heavy atom. The van der Waals surface area contributed by atoms with Gasteiger partial charge >= 0.3 is 0 Å². The normalized spacial score (nSPS) is 25.1. The fourth-order valence-electron chi connectivity index (χ4n) is 4.61. The molecular weight excluding hydrogens is 394 g/mol. The van der Waals surface area contributed by atoms with E-state index in [1.54, 1.807) is 18.5 Å². The third-order valence-electron chi connectivity index (χ3n) is 6.25. The third kappa shape index (κ3) is 4.05. The van der Waals surface area contributed by atoms with Gasteiger partial charge in [-0.2, -0.15) is 4.98 Å². The standard InChI is InChI=1S/C22H27N7O2/c1-2-3-19(30)25-15-9-16-14(10-23-20(16)24-11-15)8-17-21(31)28-22(26-17)27-18-12-29-6-4-13(18)5-7-29/h8-11,13,18,31H,2-7,12H2,1H3,(H,25,30)(H2,26,27,28). The highest BCUT2D eigenvalue weighted by Crippen LogP contribution is 2.34. The first-order valence-corrected chi connectivity index (χ1v) is 10.9. The van der Waals surface area contributed by atoms with E-state index in [1.807, 2.05) is 13.0 Å². The number of piperidine rings is 3. The maximum Gasteiger partial charge on any atom is 0.238 e. The van der Waals surface area contributed by atoms with Crippen LogP contribution < -0.4 is 10.6 Å². The van der Waals surface area contributed by atoms with Crippen LogP contribution in [0.3, 0.4) is 0 Å². The number of aromatic hydroxyl groups is 1. The van der Waals surface area contributed by atoms with Gasteiger partial charge in [0.2, 0.25) is 17.7 Å². The number of carbonyl (C=O) groups is 1. The van der Waals surface area contributed by atoms with Crippen LogP contribution in [-0.4, -0.2) is 62.8 Å². The SMILES string of the molecule is CCCC(=O)Nc1cnc2c(c1)C(=Cc1[nH]c(NC3CN4CCC3CC4)nc1O)C=N2. The van der Waals surface area contributed by atoms with Crippen LogP contribution in [0.5, 0.6) is 5.88 Å². The molecule has 2 bridgehead atoms. The minimum atomic E-state index is -0.0570. The quantitative estimate of drug-likeness (QED) is 0.569. The topological polar surface area (TPSA) is 119 Å². The predicted molar refractivity (Wildman–Crippen MR) is 121 cm³/mol. The molecule has 3 fully saturated rings. The second-order valence-corrected chi connectivity index (χ2v) is 8.46. The maximum atomic E-state index is 11.9. The summed E-state index contributed by atoms with van der Waals surface area (Å²) in [5.41, 5.74) is 2.74. The molecule has 1 unspecified atom stereocenters. The lowest BCUT2D eigenvalue weighted by atomic mass is 9.84. The van der Waals surface area contributed by atoms with Crippen molar-refractivity contribution >= 4 is 41.2 Å². The van der Waals surface area contributed by atoms with Gasteiger partial charge in [-0.15, -0.1) is 0 Å². The molecule has 0 radical (unpaired) electrons. The number of imidazole rings is 1. The Kier molecular flexibility index (Phi) is 5.19. The second kappa shape index (κ2) is 8.14. The van der Waals surface area contributed by atoms with E-state index in [0.717, 1.165) is 24.1 Å². The van der Waals surface area contributed by atoms with Crippen LogP contribution in [0.15, 0.2) is 17.3 Å². The van der Waals surface area contributed by atoms with Gasteiger partial charge < -0.3 is 25.6 Å². The van der Waals surface area contributed by atoms with Gasteiger partial charge in [-0.05, 0) is 50.4 Å². The number of H-pyrrole nitrogens is 1. The molecule has 3 saturated heterocycles. The number of hydrogen-bond acceptors (Lipinski definition) is 7. The molecule has 4 N–H and O–H groups in total. The highest BCUT2D eigenvalue weighted by molar-refractivity contribution is 6.21. The Labute approximate surface area is 180 Å². The van der Waals surface area contributed by atoms with Crippen molar-refractivity contribution in [2.24, 2.45) is 10.9 Å². The van der Waals surface area contributed by atoms with Crippen molar-refractivity contribution in [3.8, 4) is 5.88 Å². The highest BCUT2D eigenvalue weighted by Gasteiger charge is 2.34. The first-order valence-electron chi connectivity index (χ1n) is 10.9. The van der Waals surface area contributed by atoms with Crippen LogP contribution in [0, 0.1) is 5.92 Å². The zero-order valence-corrected chi connectivity index (χ0v) is 17.6. The van der Waals surface area contributed by atoms with Gasteiger partial charge in [0, 0.05) is 36.4 Å². The molecule has 0 spiro atoms. The van der Waals surface area contributed by atoms with Gasteiger partial charge in [0.1, 0.15) is 5.69 Å². The summed E-state index contributed by atoms with van der Waals surface area (Å²) in [6.07, 6.45) is 8.78. The molecule has 0 saturated carbocycles. The number of pyridine rings is 1.